The molecule has 11 rings (SSSR count). The minimum Gasteiger partial charge on any atom is -0.278 e. The SMILES string of the molecule is CC1(C)c2cc(-c3ccc4c(c3)c3ccccc3n4-c3nc(-c4ccccc4)cc(-c4ccccc4)n3)ccc2-c2cc3c(cc21)Sc1ccccc1S3. The molecule has 0 saturated heterocycles. The third-order valence-corrected chi connectivity index (χ3v) is 13.6. The van der Waals surface area contributed by atoms with Gasteiger partial charge in [-0.25, -0.2) is 9.97 Å². The van der Waals surface area contributed by atoms with Gasteiger partial charge < -0.3 is 0 Å². The lowest BCUT2D eigenvalue weighted by Crippen LogP contribution is -2.15. The Morgan fingerprint density at radius 2 is 0.981 bits per heavy atom. The van der Waals surface area contributed by atoms with Crippen LogP contribution in [-0.2, 0) is 5.41 Å². The van der Waals surface area contributed by atoms with Gasteiger partial charge in [-0.05, 0) is 88.0 Å². The number of aromatic nitrogens is 3. The van der Waals surface area contributed by atoms with Crippen molar-refractivity contribution in [1.29, 1.82) is 0 Å². The fourth-order valence-corrected chi connectivity index (χ4v) is 10.6. The molecule has 0 fully saturated rings. The monoisotopic (exact) mass is 727 g/mol. The lowest BCUT2D eigenvalue weighted by atomic mass is 9.81. The smallest absolute Gasteiger partial charge is 0.235 e. The number of rotatable bonds is 4. The summed E-state index contributed by atoms with van der Waals surface area (Å²) in [6.45, 7) is 4.76. The van der Waals surface area contributed by atoms with Gasteiger partial charge in [0.25, 0.3) is 0 Å². The van der Waals surface area contributed by atoms with E-state index in [1.807, 2.05) is 35.7 Å². The van der Waals surface area contributed by atoms with Crippen molar-refractivity contribution >= 4 is 45.3 Å². The number of hydrogen-bond donors (Lipinski definition) is 0. The predicted octanol–water partition coefficient (Wildman–Crippen LogP) is 13.5. The Balaban J connectivity index is 1.04. The average molecular weight is 728 g/mol. The lowest BCUT2D eigenvalue weighted by molar-refractivity contribution is 0.658. The molecule has 0 saturated carbocycles. The van der Waals surface area contributed by atoms with Gasteiger partial charge >= 0.3 is 0 Å². The summed E-state index contributed by atoms with van der Waals surface area (Å²) in [6.07, 6.45) is 0. The molecule has 0 bridgehead atoms. The van der Waals surface area contributed by atoms with Crippen molar-refractivity contribution in [2.75, 3.05) is 0 Å². The zero-order valence-corrected chi connectivity index (χ0v) is 31.4. The Kier molecular flexibility index (Phi) is 7.07. The van der Waals surface area contributed by atoms with Crippen molar-refractivity contribution in [3.8, 4) is 50.7 Å². The summed E-state index contributed by atoms with van der Waals surface area (Å²) in [7, 11) is 0. The summed E-state index contributed by atoms with van der Waals surface area (Å²) in [5, 5.41) is 2.36. The van der Waals surface area contributed by atoms with E-state index in [4.69, 9.17) is 9.97 Å². The molecule has 0 atom stereocenters. The molecular weight excluding hydrogens is 695 g/mol. The van der Waals surface area contributed by atoms with Gasteiger partial charge in [-0.3, -0.25) is 4.57 Å². The molecule has 54 heavy (non-hydrogen) atoms. The summed E-state index contributed by atoms with van der Waals surface area (Å²) in [5.74, 6) is 0.660. The predicted molar refractivity (Wildman–Crippen MR) is 225 cm³/mol. The van der Waals surface area contributed by atoms with Gasteiger partial charge in [0.05, 0.1) is 22.4 Å². The fraction of sp³-hybridized carbons (Fsp3) is 0.0612. The average Bonchev–Trinajstić information content (AvgIpc) is 3.67. The summed E-state index contributed by atoms with van der Waals surface area (Å²) >= 11 is 3.79. The van der Waals surface area contributed by atoms with E-state index in [9.17, 15) is 0 Å². The molecule has 0 N–H and O–H groups in total. The van der Waals surface area contributed by atoms with Crippen LogP contribution in [0.4, 0.5) is 0 Å². The molecule has 2 aliphatic rings. The van der Waals surface area contributed by atoms with Crippen LogP contribution >= 0.6 is 23.5 Å². The molecule has 5 heteroatoms. The quantitative estimate of drug-likeness (QED) is 0.181. The molecule has 1 aliphatic carbocycles. The highest BCUT2D eigenvalue weighted by Crippen LogP contribution is 2.56. The first-order valence-electron chi connectivity index (χ1n) is 18.3. The second kappa shape index (κ2) is 12.1. The number of nitrogens with zero attached hydrogens (tertiary/aromatic N) is 3. The van der Waals surface area contributed by atoms with Crippen LogP contribution < -0.4 is 0 Å². The largest absolute Gasteiger partial charge is 0.278 e. The molecule has 0 radical (unpaired) electrons. The molecule has 256 valence electrons. The summed E-state index contributed by atoms with van der Waals surface area (Å²) in [4.78, 5) is 15.8. The molecule has 0 unspecified atom stereocenters. The first kappa shape index (κ1) is 31.6. The van der Waals surface area contributed by atoms with E-state index >= 15 is 0 Å². The van der Waals surface area contributed by atoms with Gasteiger partial charge in [0.1, 0.15) is 0 Å². The van der Waals surface area contributed by atoms with Crippen LogP contribution in [0.15, 0.2) is 183 Å². The van der Waals surface area contributed by atoms with E-state index in [1.54, 1.807) is 0 Å². The zero-order valence-electron chi connectivity index (χ0n) is 29.7. The molecule has 1 aliphatic heterocycles. The van der Waals surface area contributed by atoms with Crippen LogP contribution in [0.3, 0.4) is 0 Å². The second-order valence-electron chi connectivity index (χ2n) is 14.6. The highest BCUT2D eigenvalue weighted by molar-refractivity contribution is 8.05. The highest BCUT2D eigenvalue weighted by Gasteiger charge is 2.37. The van der Waals surface area contributed by atoms with Crippen LogP contribution in [0.5, 0.6) is 0 Å². The van der Waals surface area contributed by atoms with Crippen molar-refractivity contribution in [1.82, 2.24) is 14.5 Å². The Morgan fingerprint density at radius 1 is 0.426 bits per heavy atom. The molecule has 0 spiro atoms. The van der Waals surface area contributed by atoms with Crippen LogP contribution in [0, 0.1) is 0 Å². The summed E-state index contributed by atoms with van der Waals surface area (Å²) < 4.78 is 2.23. The van der Waals surface area contributed by atoms with Gasteiger partial charge in [-0.15, -0.1) is 0 Å². The maximum atomic E-state index is 5.22. The molecule has 9 aromatic rings. The fourth-order valence-electron chi connectivity index (χ4n) is 8.35. The van der Waals surface area contributed by atoms with E-state index in [0.29, 0.717) is 5.95 Å². The van der Waals surface area contributed by atoms with E-state index in [2.05, 4.69) is 170 Å². The maximum Gasteiger partial charge on any atom is 0.235 e. The number of hydrogen-bond acceptors (Lipinski definition) is 4. The van der Waals surface area contributed by atoms with Gasteiger partial charge in [0, 0.05) is 46.9 Å². The molecule has 2 aromatic heterocycles. The molecule has 7 aromatic carbocycles. The van der Waals surface area contributed by atoms with Crippen molar-refractivity contribution in [2.24, 2.45) is 0 Å². The number of benzene rings is 7. The summed E-state index contributed by atoms with van der Waals surface area (Å²) in [6, 6.07) is 59.1. The van der Waals surface area contributed by atoms with Gasteiger partial charge in [0.15, 0.2) is 0 Å². The Morgan fingerprint density at radius 3 is 1.69 bits per heavy atom. The number of para-hydroxylation sites is 1. The van der Waals surface area contributed by atoms with Crippen LogP contribution in [0.2, 0.25) is 0 Å². The lowest BCUT2D eigenvalue weighted by Gasteiger charge is -2.24. The van der Waals surface area contributed by atoms with Crippen molar-refractivity contribution in [3.05, 3.63) is 175 Å². The Bertz CT molecular complexity index is 2910. The van der Waals surface area contributed by atoms with Gasteiger partial charge in [-0.2, -0.15) is 0 Å². The van der Waals surface area contributed by atoms with Crippen LogP contribution in [0.25, 0.3) is 72.5 Å². The topological polar surface area (TPSA) is 30.7 Å². The van der Waals surface area contributed by atoms with E-state index in [-0.39, 0.29) is 5.41 Å². The minimum absolute atomic E-state index is 0.115. The third-order valence-electron chi connectivity index (χ3n) is 11.1. The van der Waals surface area contributed by atoms with Crippen molar-refractivity contribution in [2.45, 2.75) is 38.8 Å². The van der Waals surface area contributed by atoms with Crippen molar-refractivity contribution in [3.63, 3.8) is 0 Å². The third kappa shape index (κ3) is 4.92. The molecule has 3 nitrogen and oxygen atoms in total. The Hall–Kier alpha value is -5.88. The van der Waals surface area contributed by atoms with E-state index < -0.39 is 0 Å². The van der Waals surface area contributed by atoms with Crippen LogP contribution in [0.1, 0.15) is 25.0 Å². The standard InChI is InChI=1S/C49H33N3S2/c1-49(2)38-26-33(21-23-34(38)36-27-46-47(28-39(36)49)54-45-20-12-11-19-44(45)53-46)32-22-24-43-37(25-32)35-17-9-10-18-42(35)52(43)48-50-40(30-13-5-3-6-14-30)29-41(51-48)31-15-7-4-8-16-31/h3-29H,1-2H3. The number of fused-ring (bicyclic) bond motifs is 8. The normalized spacial score (nSPS) is 13.7. The zero-order chi connectivity index (χ0) is 36.0. The maximum absolute atomic E-state index is 5.22. The van der Waals surface area contributed by atoms with Crippen LogP contribution in [-0.4, -0.2) is 14.5 Å². The Labute approximate surface area is 322 Å². The molecule has 3 heterocycles. The highest BCUT2D eigenvalue weighted by atomic mass is 32.2. The first-order chi connectivity index (χ1) is 26.5. The van der Waals surface area contributed by atoms with E-state index in [1.165, 1.54) is 63.7 Å². The second-order valence-corrected chi connectivity index (χ2v) is 16.8. The van der Waals surface area contributed by atoms with Crippen molar-refractivity contribution < 1.29 is 0 Å². The molecular formula is C49H33N3S2. The first-order valence-corrected chi connectivity index (χ1v) is 19.9. The van der Waals surface area contributed by atoms with Gasteiger partial charge in [0.2, 0.25) is 5.95 Å². The summed E-state index contributed by atoms with van der Waals surface area (Å²) in [5.41, 5.74) is 13.9. The minimum atomic E-state index is -0.115. The van der Waals surface area contributed by atoms with E-state index in [0.717, 1.165) is 33.5 Å². The molecule has 0 amide bonds. The van der Waals surface area contributed by atoms with Gasteiger partial charge in [-0.1, -0.05) is 147 Å².